The van der Waals surface area contributed by atoms with E-state index in [0.717, 1.165) is 17.9 Å². The third-order valence-corrected chi connectivity index (χ3v) is 5.00. The molecule has 64 valence electrons. The van der Waals surface area contributed by atoms with Crippen molar-refractivity contribution in [3.05, 3.63) is 0 Å². The van der Waals surface area contributed by atoms with E-state index in [0.29, 0.717) is 0 Å². The molecule has 2 atom stereocenters. The van der Waals surface area contributed by atoms with Gasteiger partial charge in [-0.3, -0.25) is 0 Å². The second-order valence-electron chi connectivity index (χ2n) is 2.16. The molecule has 0 aliphatic carbocycles. The first-order valence-electron chi connectivity index (χ1n) is 3.36. The standard InChI is InChI=1S/C6H7N2O2S2/c9-4-7-6-1-2-12(8-5-10)11-3-6/h6H,1-3H2/q+1. The Hall–Kier alpha value is -0.540. The molecule has 4 nitrogen and oxygen atoms in total. The summed E-state index contributed by atoms with van der Waals surface area (Å²) in [5.74, 6) is 1.57. The summed E-state index contributed by atoms with van der Waals surface area (Å²) in [6.45, 7) is 0. The monoisotopic (exact) mass is 203 g/mol. The Labute approximate surface area is 76.4 Å². The molecule has 12 heavy (non-hydrogen) atoms. The summed E-state index contributed by atoms with van der Waals surface area (Å²) in [4.78, 5) is 23.4. The molecule has 0 bridgehead atoms. The zero-order chi connectivity index (χ0) is 8.81. The first kappa shape index (κ1) is 9.55. The molecule has 0 aromatic rings. The average molecular weight is 203 g/mol. The molecule has 0 radical (unpaired) electrons. The molecule has 0 N–H and O–H groups in total. The molecule has 1 saturated heterocycles. The van der Waals surface area contributed by atoms with E-state index >= 15 is 0 Å². The molecule has 1 aliphatic rings. The van der Waals surface area contributed by atoms with Crippen molar-refractivity contribution in [2.75, 3.05) is 11.5 Å². The van der Waals surface area contributed by atoms with Crippen molar-refractivity contribution >= 4 is 33.1 Å². The number of rotatable bonds is 2. The fraction of sp³-hybridized carbons (Fsp3) is 0.667. The van der Waals surface area contributed by atoms with E-state index in [1.807, 2.05) is 0 Å². The lowest BCUT2D eigenvalue weighted by Gasteiger charge is -2.10. The maximum Gasteiger partial charge on any atom is 0.289 e. The maximum absolute atomic E-state index is 9.90. The molecular weight excluding hydrogens is 196 g/mol. The molecule has 0 amide bonds. The largest absolute Gasteiger partial charge is 0.289 e. The summed E-state index contributed by atoms with van der Waals surface area (Å²) in [5, 5.41) is 0. The van der Waals surface area contributed by atoms with Crippen molar-refractivity contribution in [1.82, 2.24) is 0 Å². The van der Waals surface area contributed by atoms with Gasteiger partial charge in [0.1, 0.15) is 10.8 Å². The predicted molar refractivity (Wildman–Crippen MR) is 49.3 cm³/mol. The highest BCUT2D eigenvalue weighted by atomic mass is 33.1. The Morgan fingerprint density at radius 1 is 1.42 bits per heavy atom. The van der Waals surface area contributed by atoms with Crippen LogP contribution < -0.4 is 0 Å². The first-order chi connectivity index (χ1) is 5.86. The lowest BCUT2D eigenvalue weighted by molar-refractivity contribution is 0.557. The van der Waals surface area contributed by atoms with Gasteiger partial charge >= 0.3 is 0 Å². The van der Waals surface area contributed by atoms with E-state index in [1.165, 1.54) is 0 Å². The van der Waals surface area contributed by atoms with Crippen molar-refractivity contribution in [1.29, 1.82) is 0 Å². The number of aliphatic imine (C=N–C) groups is 1. The van der Waals surface area contributed by atoms with Crippen LogP contribution in [0.5, 0.6) is 0 Å². The highest BCUT2D eigenvalue weighted by Crippen LogP contribution is 2.27. The minimum atomic E-state index is -0.241. The van der Waals surface area contributed by atoms with E-state index < -0.39 is 0 Å². The highest BCUT2D eigenvalue weighted by Gasteiger charge is 2.30. The van der Waals surface area contributed by atoms with Gasteiger partial charge in [-0.15, -0.1) is 0 Å². The van der Waals surface area contributed by atoms with Crippen molar-refractivity contribution in [2.24, 2.45) is 9.39 Å². The SMILES string of the molecule is O=C=NC1CC[S+](N=C=O)SC1. The average Bonchev–Trinajstić information content (AvgIpc) is 2.09. The molecule has 0 aromatic heterocycles. The summed E-state index contributed by atoms with van der Waals surface area (Å²) in [6.07, 6.45) is 3.90. The van der Waals surface area contributed by atoms with Crippen LogP contribution in [0.15, 0.2) is 9.39 Å². The van der Waals surface area contributed by atoms with Gasteiger partial charge in [-0.05, 0) is 0 Å². The molecule has 2 unspecified atom stereocenters. The van der Waals surface area contributed by atoms with Crippen LogP contribution in [-0.4, -0.2) is 29.7 Å². The van der Waals surface area contributed by atoms with Crippen molar-refractivity contribution in [2.45, 2.75) is 12.5 Å². The number of hydrogen-bond acceptors (Lipinski definition) is 5. The van der Waals surface area contributed by atoms with E-state index in [9.17, 15) is 9.59 Å². The smallest absolute Gasteiger partial charge is 0.211 e. The fourth-order valence-corrected chi connectivity index (χ4v) is 4.03. The van der Waals surface area contributed by atoms with Crippen molar-refractivity contribution < 1.29 is 9.59 Å². The summed E-state index contributed by atoms with van der Waals surface area (Å²) in [7, 11) is 1.32. The van der Waals surface area contributed by atoms with Crippen LogP contribution in [0.2, 0.25) is 0 Å². The number of hydrogen-bond donors (Lipinski definition) is 0. The zero-order valence-corrected chi connectivity index (χ0v) is 7.86. The molecule has 0 aromatic carbocycles. The summed E-state index contributed by atoms with van der Waals surface area (Å²) in [5.41, 5.74) is 0. The Bertz CT molecular complexity index is 212. The van der Waals surface area contributed by atoms with Gasteiger partial charge in [0.05, 0.1) is 11.8 Å². The second-order valence-corrected chi connectivity index (χ2v) is 5.82. The summed E-state index contributed by atoms with van der Waals surface area (Å²) >= 11 is 0. The molecule has 0 saturated carbocycles. The van der Waals surface area contributed by atoms with Crippen LogP contribution >= 0.6 is 10.8 Å². The highest BCUT2D eigenvalue weighted by molar-refractivity contribution is 8.73. The van der Waals surface area contributed by atoms with Crippen molar-refractivity contribution in [3.8, 4) is 0 Å². The Kier molecular flexibility index (Phi) is 4.11. The van der Waals surface area contributed by atoms with Gasteiger partial charge in [0.15, 0.2) is 5.75 Å². The van der Waals surface area contributed by atoms with Crippen LogP contribution in [0.25, 0.3) is 0 Å². The van der Waals surface area contributed by atoms with Gasteiger partial charge in [-0.2, -0.15) is 0 Å². The number of carbonyl (C=O) groups excluding carboxylic acids is 2. The van der Waals surface area contributed by atoms with Crippen LogP contribution in [0, 0.1) is 0 Å². The van der Waals surface area contributed by atoms with Crippen LogP contribution in [-0.2, 0) is 19.7 Å². The molecule has 1 heterocycles. The molecule has 0 spiro atoms. The minimum Gasteiger partial charge on any atom is -0.211 e. The fourth-order valence-electron chi connectivity index (χ4n) is 0.826. The Balaban J connectivity index is 2.38. The lowest BCUT2D eigenvalue weighted by atomic mass is 10.3. The van der Waals surface area contributed by atoms with Gasteiger partial charge < -0.3 is 0 Å². The molecule has 1 fully saturated rings. The third-order valence-electron chi connectivity index (χ3n) is 1.40. The first-order valence-corrected chi connectivity index (χ1v) is 6.21. The van der Waals surface area contributed by atoms with Gasteiger partial charge in [0, 0.05) is 10.8 Å². The van der Waals surface area contributed by atoms with Crippen LogP contribution in [0.4, 0.5) is 0 Å². The molecule has 1 aliphatic heterocycles. The maximum atomic E-state index is 9.90. The molecular formula is C6H7N2O2S2+. The normalized spacial score (nSPS) is 28.3. The zero-order valence-electron chi connectivity index (χ0n) is 6.23. The Morgan fingerprint density at radius 3 is 2.75 bits per heavy atom. The third kappa shape index (κ3) is 2.83. The van der Waals surface area contributed by atoms with Gasteiger partial charge in [-0.1, -0.05) is 0 Å². The van der Waals surface area contributed by atoms with E-state index in [-0.39, 0.29) is 16.2 Å². The summed E-state index contributed by atoms with van der Waals surface area (Å²) in [6, 6.07) is 0.0677. The number of nitrogens with zero attached hydrogens (tertiary/aromatic N) is 2. The quantitative estimate of drug-likeness (QED) is 0.286. The summed E-state index contributed by atoms with van der Waals surface area (Å²) < 4.78 is 3.62. The second kappa shape index (κ2) is 5.17. The van der Waals surface area contributed by atoms with E-state index in [1.54, 1.807) is 23.0 Å². The minimum absolute atomic E-state index is 0.0677. The lowest BCUT2D eigenvalue weighted by Crippen LogP contribution is -2.20. The Morgan fingerprint density at radius 2 is 2.25 bits per heavy atom. The van der Waals surface area contributed by atoms with Crippen molar-refractivity contribution in [3.63, 3.8) is 0 Å². The van der Waals surface area contributed by atoms with Gasteiger partial charge in [0.2, 0.25) is 16.2 Å². The van der Waals surface area contributed by atoms with Gasteiger partial charge in [0.25, 0.3) is 6.08 Å². The van der Waals surface area contributed by atoms with Crippen LogP contribution in [0.1, 0.15) is 6.42 Å². The van der Waals surface area contributed by atoms with Gasteiger partial charge in [-0.25, -0.2) is 14.6 Å². The molecule has 6 heteroatoms. The van der Waals surface area contributed by atoms with E-state index in [4.69, 9.17) is 0 Å². The van der Waals surface area contributed by atoms with Crippen LogP contribution in [0.3, 0.4) is 0 Å². The van der Waals surface area contributed by atoms with E-state index in [2.05, 4.69) is 9.39 Å². The topological polar surface area (TPSA) is 58.9 Å². The molecule has 1 rings (SSSR count). The predicted octanol–water partition coefficient (Wildman–Crippen LogP) is 0.612. The number of isocyanates is 2.